The van der Waals surface area contributed by atoms with Crippen molar-refractivity contribution in [3.05, 3.63) is 82.5 Å². The summed E-state index contributed by atoms with van der Waals surface area (Å²) in [5, 5.41) is 4.96. The molecular weight excluding hydrogens is 350 g/mol. The van der Waals surface area contributed by atoms with Gasteiger partial charge in [-0.1, -0.05) is 54.1 Å². The van der Waals surface area contributed by atoms with E-state index in [1.54, 1.807) is 17.0 Å². The lowest BCUT2D eigenvalue weighted by atomic mass is 10.2. The maximum Gasteiger partial charge on any atom is 0.255 e. The van der Waals surface area contributed by atoms with Crippen molar-refractivity contribution in [2.24, 2.45) is 0 Å². The van der Waals surface area contributed by atoms with E-state index >= 15 is 0 Å². The van der Waals surface area contributed by atoms with Crippen molar-refractivity contribution in [3.63, 3.8) is 0 Å². The van der Waals surface area contributed by atoms with E-state index < -0.39 is 0 Å². The fraction of sp³-hybridized carbons (Fsp3) is 0.200. The number of aromatic nitrogens is 2. The SMILES string of the molecule is O=C(c1ccccc1Cl)N1CCn2nc(OCc3ccccc3)cc2C1. The van der Waals surface area contributed by atoms with Crippen LogP contribution in [-0.2, 0) is 19.7 Å². The first-order valence-electron chi connectivity index (χ1n) is 8.48. The Hall–Kier alpha value is -2.79. The number of nitrogens with zero attached hydrogens (tertiary/aromatic N) is 3. The summed E-state index contributed by atoms with van der Waals surface area (Å²) in [6.07, 6.45) is 0. The number of fused-ring (bicyclic) bond motifs is 1. The van der Waals surface area contributed by atoms with Crippen LogP contribution in [0.3, 0.4) is 0 Å². The summed E-state index contributed by atoms with van der Waals surface area (Å²) >= 11 is 6.16. The van der Waals surface area contributed by atoms with Crippen molar-refractivity contribution in [2.75, 3.05) is 6.54 Å². The van der Waals surface area contributed by atoms with Crippen LogP contribution in [-0.4, -0.2) is 27.1 Å². The van der Waals surface area contributed by atoms with Crippen molar-refractivity contribution in [1.82, 2.24) is 14.7 Å². The van der Waals surface area contributed by atoms with E-state index in [0.717, 1.165) is 11.3 Å². The van der Waals surface area contributed by atoms with E-state index in [1.807, 2.05) is 53.2 Å². The zero-order chi connectivity index (χ0) is 17.9. The molecule has 0 fully saturated rings. The average Bonchev–Trinajstić information content (AvgIpc) is 3.09. The monoisotopic (exact) mass is 367 g/mol. The molecule has 0 N–H and O–H groups in total. The molecule has 5 nitrogen and oxygen atoms in total. The molecule has 0 saturated heterocycles. The molecule has 0 unspecified atom stereocenters. The molecule has 0 spiro atoms. The fourth-order valence-electron chi connectivity index (χ4n) is 3.02. The van der Waals surface area contributed by atoms with Crippen molar-refractivity contribution in [2.45, 2.75) is 19.7 Å². The molecule has 0 saturated carbocycles. The van der Waals surface area contributed by atoms with E-state index in [9.17, 15) is 4.79 Å². The topological polar surface area (TPSA) is 47.4 Å². The van der Waals surface area contributed by atoms with Crippen LogP contribution < -0.4 is 4.74 Å². The van der Waals surface area contributed by atoms with Gasteiger partial charge in [-0.15, -0.1) is 5.10 Å². The Kier molecular flexibility index (Phi) is 4.63. The third-order valence-corrected chi connectivity index (χ3v) is 4.73. The van der Waals surface area contributed by atoms with Gasteiger partial charge in [0.2, 0.25) is 5.88 Å². The van der Waals surface area contributed by atoms with Gasteiger partial charge in [0.05, 0.1) is 29.4 Å². The van der Waals surface area contributed by atoms with Gasteiger partial charge >= 0.3 is 0 Å². The molecule has 132 valence electrons. The number of rotatable bonds is 4. The van der Waals surface area contributed by atoms with Crippen LogP contribution in [0.5, 0.6) is 5.88 Å². The van der Waals surface area contributed by atoms with Gasteiger partial charge in [-0.25, -0.2) is 0 Å². The quantitative estimate of drug-likeness (QED) is 0.705. The zero-order valence-electron chi connectivity index (χ0n) is 14.1. The highest BCUT2D eigenvalue weighted by Gasteiger charge is 2.24. The maximum atomic E-state index is 12.7. The predicted molar refractivity (Wildman–Crippen MR) is 99.2 cm³/mol. The molecule has 1 aliphatic heterocycles. The lowest BCUT2D eigenvalue weighted by Gasteiger charge is -2.27. The first-order chi connectivity index (χ1) is 12.7. The predicted octanol–water partition coefficient (Wildman–Crippen LogP) is 3.77. The molecular formula is C20H18ClN3O2. The first-order valence-corrected chi connectivity index (χ1v) is 8.86. The Morgan fingerprint density at radius 2 is 1.85 bits per heavy atom. The molecule has 1 amide bonds. The standard InChI is InChI=1S/C20H18ClN3O2/c21-18-9-5-4-8-17(18)20(25)23-10-11-24-16(13-23)12-19(22-24)26-14-15-6-2-1-3-7-15/h1-9,12H,10-11,13-14H2. The molecule has 1 aromatic heterocycles. The van der Waals surface area contributed by atoms with Crippen molar-refractivity contribution < 1.29 is 9.53 Å². The van der Waals surface area contributed by atoms with Gasteiger partial charge < -0.3 is 9.64 Å². The largest absolute Gasteiger partial charge is 0.472 e. The molecule has 0 atom stereocenters. The molecule has 0 aliphatic carbocycles. The first kappa shape index (κ1) is 16.7. The molecule has 0 bridgehead atoms. The third-order valence-electron chi connectivity index (χ3n) is 4.40. The highest BCUT2D eigenvalue weighted by molar-refractivity contribution is 6.33. The normalized spacial score (nSPS) is 13.3. The van der Waals surface area contributed by atoms with Gasteiger partial charge in [-0.2, -0.15) is 0 Å². The Morgan fingerprint density at radius 3 is 2.65 bits per heavy atom. The van der Waals surface area contributed by atoms with E-state index in [2.05, 4.69) is 5.10 Å². The molecule has 0 radical (unpaired) electrons. The van der Waals surface area contributed by atoms with Gasteiger partial charge in [0.15, 0.2) is 0 Å². The molecule has 1 aliphatic rings. The number of amides is 1. The second kappa shape index (κ2) is 7.22. The zero-order valence-corrected chi connectivity index (χ0v) is 14.9. The summed E-state index contributed by atoms with van der Waals surface area (Å²) in [5.41, 5.74) is 2.58. The number of hydrogen-bond donors (Lipinski definition) is 0. The van der Waals surface area contributed by atoms with Gasteiger partial charge in [0.25, 0.3) is 5.91 Å². The number of ether oxygens (including phenoxy) is 1. The number of hydrogen-bond acceptors (Lipinski definition) is 3. The Labute approximate surface area is 156 Å². The van der Waals surface area contributed by atoms with Crippen LogP contribution >= 0.6 is 11.6 Å². The second-order valence-electron chi connectivity index (χ2n) is 6.18. The number of carbonyl (C=O) groups is 1. The number of benzene rings is 2. The Morgan fingerprint density at radius 1 is 1.08 bits per heavy atom. The smallest absolute Gasteiger partial charge is 0.255 e. The van der Waals surface area contributed by atoms with E-state index in [4.69, 9.17) is 16.3 Å². The summed E-state index contributed by atoms with van der Waals surface area (Å²) in [6.45, 7) is 2.20. The van der Waals surface area contributed by atoms with Crippen LogP contribution in [0.2, 0.25) is 5.02 Å². The fourth-order valence-corrected chi connectivity index (χ4v) is 3.24. The minimum atomic E-state index is -0.0604. The molecule has 2 heterocycles. The van der Waals surface area contributed by atoms with Crippen molar-refractivity contribution in [3.8, 4) is 5.88 Å². The summed E-state index contributed by atoms with van der Waals surface area (Å²) in [7, 11) is 0. The van der Waals surface area contributed by atoms with Crippen molar-refractivity contribution in [1.29, 1.82) is 0 Å². The van der Waals surface area contributed by atoms with Crippen molar-refractivity contribution >= 4 is 17.5 Å². The van der Waals surface area contributed by atoms with Crippen LogP contribution in [0.1, 0.15) is 21.6 Å². The molecule has 2 aromatic carbocycles. The highest BCUT2D eigenvalue weighted by Crippen LogP contribution is 2.23. The van der Waals surface area contributed by atoms with Gasteiger partial charge in [-0.05, 0) is 17.7 Å². The maximum absolute atomic E-state index is 12.7. The van der Waals surface area contributed by atoms with Crippen LogP contribution in [0.25, 0.3) is 0 Å². The van der Waals surface area contributed by atoms with Crippen LogP contribution in [0, 0.1) is 0 Å². The van der Waals surface area contributed by atoms with Gasteiger partial charge in [-0.3, -0.25) is 9.48 Å². The third kappa shape index (κ3) is 3.44. The van der Waals surface area contributed by atoms with E-state index in [1.165, 1.54) is 0 Å². The van der Waals surface area contributed by atoms with E-state index in [0.29, 0.717) is 42.7 Å². The van der Waals surface area contributed by atoms with E-state index in [-0.39, 0.29) is 5.91 Å². The minimum Gasteiger partial charge on any atom is -0.472 e. The summed E-state index contributed by atoms with van der Waals surface area (Å²) in [4.78, 5) is 14.5. The minimum absolute atomic E-state index is 0.0604. The van der Waals surface area contributed by atoms with Crippen LogP contribution in [0.15, 0.2) is 60.7 Å². The van der Waals surface area contributed by atoms with Gasteiger partial charge in [0, 0.05) is 12.6 Å². The summed E-state index contributed by atoms with van der Waals surface area (Å²) < 4.78 is 7.69. The summed E-state index contributed by atoms with van der Waals surface area (Å²) in [5.74, 6) is 0.519. The lowest BCUT2D eigenvalue weighted by Crippen LogP contribution is -2.38. The molecule has 6 heteroatoms. The number of halogens is 1. The lowest BCUT2D eigenvalue weighted by molar-refractivity contribution is 0.0706. The molecule has 26 heavy (non-hydrogen) atoms. The average molecular weight is 368 g/mol. The summed E-state index contributed by atoms with van der Waals surface area (Å²) in [6, 6.07) is 19.0. The Bertz CT molecular complexity index is 924. The molecule has 4 rings (SSSR count). The number of carbonyl (C=O) groups excluding carboxylic acids is 1. The van der Waals surface area contributed by atoms with Gasteiger partial charge in [0.1, 0.15) is 6.61 Å². The molecule has 3 aromatic rings. The van der Waals surface area contributed by atoms with Crippen LogP contribution in [0.4, 0.5) is 0 Å². The highest BCUT2D eigenvalue weighted by atomic mass is 35.5. The Balaban J connectivity index is 1.45. The second-order valence-corrected chi connectivity index (χ2v) is 6.59.